The van der Waals surface area contributed by atoms with Gasteiger partial charge in [-0.2, -0.15) is 5.10 Å². The molecule has 132 valence electrons. The lowest BCUT2D eigenvalue weighted by Crippen LogP contribution is -2.06. The fourth-order valence-corrected chi connectivity index (χ4v) is 2.78. The molecule has 0 aliphatic rings. The molecule has 7 nitrogen and oxygen atoms in total. The van der Waals surface area contributed by atoms with Crippen LogP contribution in [0.25, 0.3) is 16.9 Å². The molecule has 0 radical (unpaired) electrons. The normalized spacial score (nSPS) is 11.3. The molecule has 0 bridgehead atoms. The second kappa shape index (κ2) is 6.51. The molecule has 4 rings (SSSR count). The molecule has 4 heterocycles. The third kappa shape index (κ3) is 3.11. The maximum atomic E-state index is 6.10. The lowest BCUT2D eigenvalue weighted by molar-refractivity contribution is 0.532. The zero-order valence-corrected chi connectivity index (χ0v) is 14.8. The zero-order chi connectivity index (χ0) is 18.1. The Morgan fingerprint density at radius 1 is 1.15 bits per heavy atom. The maximum Gasteiger partial charge on any atom is 0.150 e. The van der Waals surface area contributed by atoms with Crippen molar-refractivity contribution in [1.82, 2.24) is 24.1 Å². The van der Waals surface area contributed by atoms with Crippen LogP contribution in [0, 0.1) is 0 Å². The largest absolute Gasteiger partial charge is 0.396 e. The Kier molecular flexibility index (Phi) is 4.04. The molecule has 4 aromatic rings. The molecule has 26 heavy (non-hydrogen) atoms. The van der Waals surface area contributed by atoms with Gasteiger partial charge in [0.2, 0.25) is 0 Å². The van der Waals surface area contributed by atoms with Gasteiger partial charge in [-0.25, -0.2) is 9.97 Å². The highest BCUT2D eigenvalue weighted by atomic mass is 15.3. The molecule has 0 saturated heterocycles. The molecular weight excluding hydrogens is 326 g/mol. The molecule has 0 aliphatic carbocycles. The van der Waals surface area contributed by atoms with E-state index in [4.69, 9.17) is 5.73 Å². The van der Waals surface area contributed by atoms with Gasteiger partial charge in [0, 0.05) is 42.9 Å². The summed E-state index contributed by atoms with van der Waals surface area (Å²) in [6.07, 6.45) is 9.59. The first kappa shape index (κ1) is 16.1. The van der Waals surface area contributed by atoms with Crippen molar-refractivity contribution in [2.24, 2.45) is 0 Å². The zero-order valence-electron chi connectivity index (χ0n) is 14.8. The summed E-state index contributed by atoms with van der Waals surface area (Å²) >= 11 is 0. The van der Waals surface area contributed by atoms with Gasteiger partial charge in [-0.3, -0.25) is 4.68 Å². The smallest absolute Gasteiger partial charge is 0.150 e. The predicted octanol–water partition coefficient (Wildman–Crippen LogP) is 3.37. The van der Waals surface area contributed by atoms with E-state index in [2.05, 4.69) is 34.2 Å². The molecule has 0 unspecified atom stereocenters. The third-order valence-corrected chi connectivity index (χ3v) is 4.26. The summed E-state index contributed by atoms with van der Waals surface area (Å²) in [7, 11) is 0. The summed E-state index contributed by atoms with van der Waals surface area (Å²) in [5.41, 5.74) is 10.6. The number of nitrogens with one attached hydrogen (secondary N) is 1. The Morgan fingerprint density at radius 3 is 2.85 bits per heavy atom. The number of pyridine rings is 2. The van der Waals surface area contributed by atoms with Gasteiger partial charge in [-0.1, -0.05) is 6.07 Å². The Balaban J connectivity index is 1.55. The highest BCUT2D eigenvalue weighted by Crippen LogP contribution is 2.24. The molecule has 0 spiro atoms. The van der Waals surface area contributed by atoms with Gasteiger partial charge in [0.15, 0.2) is 0 Å². The quantitative estimate of drug-likeness (QED) is 0.578. The van der Waals surface area contributed by atoms with Crippen molar-refractivity contribution in [3.63, 3.8) is 0 Å². The van der Waals surface area contributed by atoms with E-state index in [1.54, 1.807) is 6.20 Å². The van der Waals surface area contributed by atoms with Crippen LogP contribution in [-0.2, 0) is 6.54 Å². The van der Waals surface area contributed by atoms with Gasteiger partial charge < -0.3 is 15.5 Å². The van der Waals surface area contributed by atoms with Gasteiger partial charge >= 0.3 is 0 Å². The topological polar surface area (TPSA) is 86.1 Å². The van der Waals surface area contributed by atoms with Crippen LogP contribution >= 0.6 is 0 Å². The Morgan fingerprint density at radius 2 is 2.04 bits per heavy atom. The average molecular weight is 347 g/mol. The summed E-state index contributed by atoms with van der Waals surface area (Å²) in [6, 6.07) is 8.14. The first-order valence-electron chi connectivity index (χ1n) is 8.56. The molecule has 0 atom stereocenters. The number of aromatic nitrogens is 5. The number of nitrogen functional groups attached to an aromatic ring is 1. The number of hydrogen-bond acceptors (Lipinski definition) is 5. The monoisotopic (exact) mass is 347 g/mol. The molecular formula is C19H21N7. The van der Waals surface area contributed by atoms with Crippen LogP contribution in [0.15, 0.2) is 55.2 Å². The van der Waals surface area contributed by atoms with E-state index in [0.29, 0.717) is 24.1 Å². The molecule has 0 aliphatic heterocycles. The molecule has 0 saturated carbocycles. The number of nitrogens with two attached hydrogens (primary N) is 1. The Bertz CT molecular complexity index is 1040. The van der Waals surface area contributed by atoms with Crippen molar-refractivity contribution < 1.29 is 0 Å². The van der Waals surface area contributed by atoms with E-state index >= 15 is 0 Å². The minimum atomic E-state index is 0.313. The Hall–Kier alpha value is -3.35. The maximum absolute atomic E-state index is 6.10. The van der Waals surface area contributed by atoms with Gasteiger partial charge in [0.25, 0.3) is 0 Å². The van der Waals surface area contributed by atoms with Crippen LogP contribution in [0.2, 0.25) is 0 Å². The van der Waals surface area contributed by atoms with Crippen molar-refractivity contribution in [3.05, 3.63) is 60.8 Å². The predicted molar refractivity (Wildman–Crippen MR) is 103 cm³/mol. The van der Waals surface area contributed by atoms with Crippen molar-refractivity contribution in [2.45, 2.75) is 26.4 Å². The lowest BCUT2D eigenvalue weighted by atomic mass is 10.2. The van der Waals surface area contributed by atoms with Crippen LogP contribution in [0.4, 0.5) is 11.5 Å². The number of rotatable bonds is 5. The summed E-state index contributed by atoms with van der Waals surface area (Å²) < 4.78 is 3.91. The van der Waals surface area contributed by atoms with Crippen LogP contribution in [0.1, 0.15) is 25.5 Å². The van der Waals surface area contributed by atoms with Crippen LogP contribution < -0.4 is 11.1 Å². The van der Waals surface area contributed by atoms with Crippen molar-refractivity contribution in [1.29, 1.82) is 0 Å². The van der Waals surface area contributed by atoms with Crippen molar-refractivity contribution in [2.75, 3.05) is 11.1 Å². The number of hydrogen-bond donors (Lipinski definition) is 2. The van der Waals surface area contributed by atoms with Gasteiger partial charge in [0.1, 0.15) is 11.5 Å². The molecule has 0 amide bonds. The van der Waals surface area contributed by atoms with E-state index in [1.807, 2.05) is 58.1 Å². The summed E-state index contributed by atoms with van der Waals surface area (Å²) in [5.74, 6) is 0.672. The van der Waals surface area contributed by atoms with Crippen molar-refractivity contribution >= 4 is 17.2 Å². The Labute approximate surface area is 151 Å². The van der Waals surface area contributed by atoms with Crippen molar-refractivity contribution in [3.8, 4) is 11.3 Å². The minimum Gasteiger partial charge on any atom is -0.396 e. The van der Waals surface area contributed by atoms with E-state index in [-0.39, 0.29) is 0 Å². The molecule has 0 fully saturated rings. The number of fused-ring (bicyclic) bond motifs is 1. The lowest BCUT2D eigenvalue weighted by Gasteiger charge is -2.10. The van der Waals surface area contributed by atoms with Gasteiger partial charge in [0.05, 0.1) is 17.6 Å². The minimum absolute atomic E-state index is 0.313. The first-order valence-corrected chi connectivity index (χ1v) is 8.56. The number of anilines is 2. The fourth-order valence-electron chi connectivity index (χ4n) is 2.78. The highest BCUT2D eigenvalue weighted by molar-refractivity contribution is 5.68. The second-order valence-corrected chi connectivity index (χ2v) is 6.52. The molecule has 4 aromatic heterocycles. The van der Waals surface area contributed by atoms with Gasteiger partial charge in [-0.05, 0) is 37.6 Å². The van der Waals surface area contributed by atoms with Crippen LogP contribution in [-0.4, -0.2) is 24.1 Å². The van der Waals surface area contributed by atoms with E-state index in [1.165, 1.54) is 0 Å². The third-order valence-electron chi connectivity index (χ3n) is 4.26. The summed E-state index contributed by atoms with van der Waals surface area (Å²) in [6.45, 7) is 4.81. The van der Waals surface area contributed by atoms with Crippen LogP contribution in [0.5, 0.6) is 0 Å². The van der Waals surface area contributed by atoms with E-state index in [9.17, 15) is 0 Å². The summed E-state index contributed by atoms with van der Waals surface area (Å²) in [5, 5.41) is 7.71. The SMILES string of the molecule is CC(C)n1cc(-c2ccc(N)c(NCc3ccc4nccn4c3)n2)cn1. The second-order valence-electron chi connectivity index (χ2n) is 6.52. The molecule has 0 aromatic carbocycles. The fraction of sp³-hybridized carbons (Fsp3) is 0.211. The molecule has 3 N–H and O–H groups in total. The summed E-state index contributed by atoms with van der Waals surface area (Å²) in [4.78, 5) is 8.93. The number of imidazole rings is 1. The van der Waals surface area contributed by atoms with E-state index < -0.39 is 0 Å². The average Bonchev–Trinajstić information content (AvgIpc) is 3.30. The van der Waals surface area contributed by atoms with E-state index in [0.717, 1.165) is 22.5 Å². The van der Waals surface area contributed by atoms with Crippen LogP contribution in [0.3, 0.4) is 0 Å². The number of nitrogens with zero attached hydrogens (tertiary/aromatic N) is 5. The molecule has 7 heteroatoms. The first-order chi connectivity index (χ1) is 12.6. The van der Waals surface area contributed by atoms with Gasteiger partial charge in [-0.15, -0.1) is 0 Å². The highest BCUT2D eigenvalue weighted by Gasteiger charge is 2.09. The standard InChI is InChI=1S/C19H21N7/c1-13(2)26-12-15(10-23-26)17-5-4-16(20)19(24-17)22-9-14-3-6-18-21-7-8-25(18)11-14/h3-8,10-13H,9,20H2,1-2H3,(H,22,24).